The highest BCUT2D eigenvalue weighted by molar-refractivity contribution is 5.82. The number of amides is 1. The molecule has 0 saturated carbocycles. The van der Waals surface area contributed by atoms with Gasteiger partial charge in [-0.2, -0.15) is 0 Å². The average molecular weight is 225 g/mol. The second-order valence-corrected chi connectivity index (χ2v) is 5.19. The lowest BCUT2D eigenvalue weighted by Gasteiger charge is -2.37. The number of hydrogen-bond acceptors (Lipinski definition) is 3. The van der Waals surface area contributed by atoms with Crippen molar-refractivity contribution in [3.8, 4) is 0 Å². The van der Waals surface area contributed by atoms with E-state index in [1.807, 2.05) is 0 Å². The van der Waals surface area contributed by atoms with Gasteiger partial charge in [0.1, 0.15) is 0 Å². The molecule has 2 fully saturated rings. The van der Waals surface area contributed by atoms with E-state index in [1.165, 1.54) is 6.42 Å². The molecule has 2 aliphatic heterocycles. The lowest BCUT2D eigenvalue weighted by atomic mass is 10.0. The number of rotatable bonds is 2. The first-order chi connectivity index (χ1) is 7.68. The summed E-state index contributed by atoms with van der Waals surface area (Å²) >= 11 is 0. The first-order valence-electron chi connectivity index (χ1n) is 6.37. The lowest BCUT2D eigenvalue weighted by Crippen LogP contribution is -2.52. The molecule has 1 N–H and O–H groups in total. The minimum absolute atomic E-state index is 0.0981. The van der Waals surface area contributed by atoms with E-state index < -0.39 is 0 Å². The lowest BCUT2D eigenvalue weighted by molar-refractivity contribution is -0.135. The molecule has 2 atom stereocenters. The fourth-order valence-electron chi connectivity index (χ4n) is 2.69. The quantitative estimate of drug-likeness (QED) is 0.734. The summed E-state index contributed by atoms with van der Waals surface area (Å²) in [5.74, 6) is 0.323. The number of piperidine rings is 1. The van der Waals surface area contributed by atoms with Crippen LogP contribution in [0.1, 0.15) is 25.7 Å². The van der Waals surface area contributed by atoms with Gasteiger partial charge in [0.25, 0.3) is 0 Å². The number of likely N-dealkylation sites (N-methyl/N-ethyl adjacent to an activating group) is 1. The highest BCUT2D eigenvalue weighted by atomic mass is 16.2. The minimum Gasteiger partial charge on any atom is -0.340 e. The monoisotopic (exact) mass is 225 g/mol. The standard InChI is InChI=1S/C12H23N3O/c1-14(2)10-5-4-8-15(9-10)12(16)11-6-3-7-13-11/h10-11,13H,3-9H2,1-2H3. The minimum atomic E-state index is 0.0981. The summed E-state index contributed by atoms with van der Waals surface area (Å²) in [6, 6.07) is 0.639. The number of carbonyl (C=O) groups is 1. The summed E-state index contributed by atoms with van der Waals surface area (Å²) in [6.45, 7) is 2.85. The Balaban J connectivity index is 1.90. The highest BCUT2D eigenvalue weighted by Gasteiger charge is 2.30. The average Bonchev–Trinajstić information content (AvgIpc) is 2.81. The van der Waals surface area contributed by atoms with Crippen LogP contribution < -0.4 is 5.32 Å². The van der Waals surface area contributed by atoms with E-state index in [0.717, 1.165) is 38.9 Å². The fraction of sp³-hybridized carbons (Fsp3) is 0.917. The van der Waals surface area contributed by atoms with Gasteiger partial charge in [-0.05, 0) is 46.3 Å². The van der Waals surface area contributed by atoms with Gasteiger partial charge < -0.3 is 15.1 Å². The molecule has 0 aromatic heterocycles. The number of nitrogens with one attached hydrogen (secondary N) is 1. The second-order valence-electron chi connectivity index (χ2n) is 5.19. The highest BCUT2D eigenvalue weighted by Crippen LogP contribution is 2.16. The van der Waals surface area contributed by atoms with Crippen LogP contribution in [0.25, 0.3) is 0 Å². The number of carbonyl (C=O) groups excluding carboxylic acids is 1. The second kappa shape index (κ2) is 5.15. The van der Waals surface area contributed by atoms with Crippen LogP contribution in [0.4, 0.5) is 0 Å². The predicted octanol–water partition coefficient (Wildman–Crippen LogP) is 0.291. The molecule has 1 amide bonds. The Morgan fingerprint density at radius 2 is 2.12 bits per heavy atom. The van der Waals surface area contributed by atoms with Gasteiger partial charge in [-0.3, -0.25) is 4.79 Å². The van der Waals surface area contributed by atoms with Gasteiger partial charge in [0, 0.05) is 19.1 Å². The zero-order valence-corrected chi connectivity index (χ0v) is 10.4. The van der Waals surface area contributed by atoms with Crippen molar-refractivity contribution in [3.05, 3.63) is 0 Å². The third-order valence-corrected chi connectivity index (χ3v) is 3.80. The van der Waals surface area contributed by atoms with Crippen molar-refractivity contribution in [1.29, 1.82) is 0 Å². The maximum absolute atomic E-state index is 12.2. The van der Waals surface area contributed by atoms with Crippen LogP contribution >= 0.6 is 0 Å². The Hall–Kier alpha value is -0.610. The van der Waals surface area contributed by atoms with Crippen LogP contribution in [0.5, 0.6) is 0 Å². The van der Waals surface area contributed by atoms with E-state index in [4.69, 9.17) is 0 Å². The molecule has 2 rings (SSSR count). The van der Waals surface area contributed by atoms with Gasteiger partial charge in [-0.1, -0.05) is 0 Å². The Kier molecular flexibility index (Phi) is 3.82. The van der Waals surface area contributed by atoms with Crippen LogP contribution in [0.15, 0.2) is 0 Å². The maximum Gasteiger partial charge on any atom is 0.239 e. The van der Waals surface area contributed by atoms with E-state index in [1.54, 1.807) is 0 Å². The molecule has 2 aliphatic rings. The van der Waals surface area contributed by atoms with E-state index >= 15 is 0 Å². The number of hydrogen-bond donors (Lipinski definition) is 1. The van der Waals surface area contributed by atoms with Crippen molar-refractivity contribution < 1.29 is 4.79 Å². The number of nitrogens with zero attached hydrogens (tertiary/aromatic N) is 2. The molecule has 2 saturated heterocycles. The van der Waals surface area contributed by atoms with Crippen LogP contribution in [0.2, 0.25) is 0 Å². The van der Waals surface area contributed by atoms with Crippen LogP contribution in [0.3, 0.4) is 0 Å². The molecule has 4 heteroatoms. The SMILES string of the molecule is CN(C)C1CCCN(C(=O)C2CCCN2)C1. The van der Waals surface area contributed by atoms with E-state index in [2.05, 4.69) is 29.2 Å². The smallest absolute Gasteiger partial charge is 0.239 e. The third kappa shape index (κ3) is 2.55. The molecule has 0 spiro atoms. The molecule has 16 heavy (non-hydrogen) atoms. The molecule has 92 valence electrons. The molecule has 0 aliphatic carbocycles. The van der Waals surface area contributed by atoms with Crippen LogP contribution in [-0.2, 0) is 4.79 Å². The first kappa shape index (κ1) is 11.9. The Bertz CT molecular complexity index is 249. The first-order valence-corrected chi connectivity index (χ1v) is 6.37. The van der Waals surface area contributed by atoms with Crippen LogP contribution in [-0.4, -0.2) is 61.5 Å². The van der Waals surface area contributed by atoms with Gasteiger partial charge in [0.05, 0.1) is 6.04 Å². The molecule has 4 nitrogen and oxygen atoms in total. The van der Waals surface area contributed by atoms with Gasteiger partial charge in [-0.25, -0.2) is 0 Å². The normalized spacial score (nSPS) is 31.1. The maximum atomic E-state index is 12.2. The largest absolute Gasteiger partial charge is 0.340 e. The summed E-state index contributed by atoms with van der Waals surface area (Å²) in [7, 11) is 4.21. The Morgan fingerprint density at radius 1 is 1.31 bits per heavy atom. The predicted molar refractivity (Wildman–Crippen MR) is 64.3 cm³/mol. The molecular formula is C12H23N3O. The van der Waals surface area contributed by atoms with Gasteiger partial charge in [0.15, 0.2) is 0 Å². The van der Waals surface area contributed by atoms with Crippen molar-refractivity contribution in [1.82, 2.24) is 15.1 Å². The zero-order valence-electron chi connectivity index (χ0n) is 10.4. The molecular weight excluding hydrogens is 202 g/mol. The van der Waals surface area contributed by atoms with E-state index in [0.29, 0.717) is 11.9 Å². The van der Waals surface area contributed by atoms with Crippen molar-refractivity contribution in [3.63, 3.8) is 0 Å². The molecule has 0 aromatic carbocycles. The molecule has 2 unspecified atom stereocenters. The van der Waals surface area contributed by atoms with Gasteiger partial charge in [0.2, 0.25) is 5.91 Å². The summed E-state index contributed by atoms with van der Waals surface area (Å²) < 4.78 is 0. The zero-order chi connectivity index (χ0) is 11.5. The van der Waals surface area contributed by atoms with E-state index in [-0.39, 0.29) is 6.04 Å². The summed E-state index contributed by atoms with van der Waals surface area (Å²) in [6.07, 6.45) is 4.51. The van der Waals surface area contributed by atoms with Crippen molar-refractivity contribution >= 4 is 5.91 Å². The topological polar surface area (TPSA) is 35.6 Å². The Morgan fingerprint density at radius 3 is 2.75 bits per heavy atom. The Labute approximate surface area is 98.0 Å². The molecule has 0 bridgehead atoms. The van der Waals surface area contributed by atoms with Crippen molar-refractivity contribution in [2.45, 2.75) is 37.8 Å². The summed E-state index contributed by atoms with van der Waals surface area (Å²) in [4.78, 5) is 16.5. The summed E-state index contributed by atoms with van der Waals surface area (Å²) in [5.41, 5.74) is 0. The van der Waals surface area contributed by atoms with Gasteiger partial charge in [-0.15, -0.1) is 0 Å². The van der Waals surface area contributed by atoms with Crippen molar-refractivity contribution in [2.75, 3.05) is 33.7 Å². The van der Waals surface area contributed by atoms with Crippen molar-refractivity contribution in [2.24, 2.45) is 0 Å². The summed E-state index contributed by atoms with van der Waals surface area (Å²) in [5, 5.41) is 3.29. The van der Waals surface area contributed by atoms with E-state index in [9.17, 15) is 4.79 Å². The third-order valence-electron chi connectivity index (χ3n) is 3.80. The number of likely N-dealkylation sites (tertiary alicyclic amines) is 1. The molecule has 2 heterocycles. The fourth-order valence-corrected chi connectivity index (χ4v) is 2.69. The van der Waals surface area contributed by atoms with Crippen LogP contribution in [0, 0.1) is 0 Å². The molecule has 0 aromatic rings. The molecule has 0 radical (unpaired) electrons. The van der Waals surface area contributed by atoms with Gasteiger partial charge >= 0.3 is 0 Å².